The number of nitrogens with one attached hydrogen (secondary N) is 1. The lowest BCUT2D eigenvalue weighted by Crippen LogP contribution is -2.24. The Morgan fingerprint density at radius 2 is 0.971 bits per heavy atom. The van der Waals surface area contributed by atoms with E-state index in [2.05, 4.69) is 173 Å². The van der Waals surface area contributed by atoms with E-state index in [0.717, 1.165) is 66.4 Å². The van der Waals surface area contributed by atoms with Crippen molar-refractivity contribution in [2.45, 2.75) is 132 Å². The van der Waals surface area contributed by atoms with Gasteiger partial charge in [-0.15, -0.1) is 0 Å². The maximum atomic E-state index is 15.5. The van der Waals surface area contributed by atoms with E-state index in [1.54, 1.807) is 12.1 Å². The van der Waals surface area contributed by atoms with Crippen LogP contribution in [0.15, 0.2) is 114 Å². The highest BCUT2D eigenvalue weighted by Gasteiger charge is 2.32. The number of primary amides is 1. The molecule has 8 aromatic rings. The molecule has 8 rings (SSSR count). The van der Waals surface area contributed by atoms with Crippen molar-refractivity contribution in [3.63, 3.8) is 0 Å². The van der Waals surface area contributed by atoms with Crippen molar-refractivity contribution in [2.75, 3.05) is 5.32 Å². The molecule has 0 aliphatic rings. The van der Waals surface area contributed by atoms with Crippen LogP contribution in [-0.4, -0.2) is 11.8 Å². The SMILES string of the molecule is CC(C)c1cccc(C(C)C)c1NC(=O)c1cc(Oc2ccc(C(C)(C)CC(C)(C)C)cc2)c2c3cccc4c(Br)ccc(c5c(Oc6ccc(C(C)(C)CC(C)(C)C)cc6)cc(C(N)=O)c1c52)c43. The molecule has 0 fully saturated rings. The van der Waals surface area contributed by atoms with Crippen LogP contribution in [0.4, 0.5) is 5.69 Å². The number of hydrogen-bond donors (Lipinski definition) is 2. The second kappa shape index (κ2) is 18.1. The van der Waals surface area contributed by atoms with Crippen LogP contribution in [0, 0.1) is 10.8 Å². The third-order valence-corrected chi connectivity index (χ3v) is 14.3. The summed E-state index contributed by atoms with van der Waals surface area (Å²) in [5, 5.41) is 9.73. The average molecular weight is 986 g/mol. The lowest BCUT2D eigenvalue weighted by Gasteiger charge is -2.33. The molecule has 8 aromatic carbocycles. The number of amides is 2. The summed E-state index contributed by atoms with van der Waals surface area (Å²) in [6.07, 6.45) is 2.00. The highest BCUT2D eigenvalue weighted by molar-refractivity contribution is 9.10. The molecule has 358 valence electrons. The van der Waals surface area contributed by atoms with Crippen molar-refractivity contribution in [3.05, 3.63) is 147 Å². The molecule has 0 bridgehead atoms. The van der Waals surface area contributed by atoms with Crippen molar-refractivity contribution in [1.82, 2.24) is 0 Å². The lowest BCUT2D eigenvalue weighted by atomic mass is 9.72. The minimum Gasteiger partial charge on any atom is -0.457 e. The zero-order valence-corrected chi connectivity index (χ0v) is 44.6. The van der Waals surface area contributed by atoms with Crippen LogP contribution in [0.5, 0.6) is 23.0 Å². The number of rotatable bonds is 13. The van der Waals surface area contributed by atoms with E-state index in [1.165, 1.54) is 11.1 Å². The number of anilines is 1. The van der Waals surface area contributed by atoms with Crippen molar-refractivity contribution in [1.29, 1.82) is 0 Å². The number of para-hydroxylation sites is 1. The molecular weight excluding hydrogens is 917 g/mol. The van der Waals surface area contributed by atoms with Crippen LogP contribution in [0.3, 0.4) is 0 Å². The smallest absolute Gasteiger partial charge is 0.256 e. The van der Waals surface area contributed by atoms with E-state index in [0.29, 0.717) is 33.8 Å². The monoisotopic (exact) mass is 984 g/mol. The Bertz CT molecular complexity index is 3210. The van der Waals surface area contributed by atoms with Crippen LogP contribution < -0.4 is 20.5 Å². The number of fused-ring (bicyclic) bond motifs is 2. The van der Waals surface area contributed by atoms with Crippen LogP contribution >= 0.6 is 15.9 Å². The fraction of sp³-hybridized carbons (Fsp3) is 0.355. The minimum absolute atomic E-state index is 0.0750. The molecule has 0 spiro atoms. The largest absolute Gasteiger partial charge is 0.457 e. The zero-order valence-electron chi connectivity index (χ0n) is 43.0. The molecule has 0 aromatic heterocycles. The highest BCUT2D eigenvalue weighted by Crippen LogP contribution is 2.52. The quantitative estimate of drug-likeness (QED) is 0.0889. The van der Waals surface area contributed by atoms with Gasteiger partial charge in [0.2, 0.25) is 5.91 Å². The molecule has 0 radical (unpaired) electrons. The summed E-state index contributed by atoms with van der Waals surface area (Å²) in [5.41, 5.74) is 12.2. The average Bonchev–Trinajstić information content (AvgIpc) is 3.25. The summed E-state index contributed by atoms with van der Waals surface area (Å²) in [6.45, 7) is 31.2. The zero-order chi connectivity index (χ0) is 50.1. The summed E-state index contributed by atoms with van der Waals surface area (Å²) in [7, 11) is 0. The number of carbonyl (C=O) groups excluding carboxylic acids is 2. The highest BCUT2D eigenvalue weighted by atomic mass is 79.9. The molecule has 6 nitrogen and oxygen atoms in total. The lowest BCUT2D eigenvalue weighted by molar-refractivity contribution is 0.100. The number of carbonyl (C=O) groups is 2. The second-order valence-corrected chi connectivity index (χ2v) is 24.5. The van der Waals surface area contributed by atoms with E-state index in [4.69, 9.17) is 15.2 Å². The molecule has 0 aliphatic heterocycles. The Hall–Kier alpha value is -5.92. The normalized spacial score (nSPS) is 12.8. The van der Waals surface area contributed by atoms with Gasteiger partial charge in [0.05, 0.1) is 11.1 Å². The van der Waals surface area contributed by atoms with Crippen LogP contribution in [0.1, 0.15) is 165 Å². The van der Waals surface area contributed by atoms with Crippen LogP contribution in [0.25, 0.3) is 43.1 Å². The van der Waals surface area contributed by atoms with Crippen molar-refractivity contribution in [3.8, 4) is 23.0 Å². The second-order valence-electron chi connectivity index (χ2n) is 23.6. The molecule has 0 saturated heterocycles. The van der Waals surface area contributed by atoms with E-state index in [9.17, 15) is 4.79 Å². The molecule has 0 atom stereocenters. The van der Waals surface area contributed by atoms with E-state index in [-0.39, 0.29) is 50.5 Å². The van der Waals surface area contributed by atoms with Gasteiger partial charge < -0.3 is 20.5 Å². The topological polar surface area (TPSA) is 90.7 Å². The summed E-state index contributed by atoms with van der Waals surface area (Å²) >= 11 is 3.87. The molecule has 69 heavy (non-hydrogen) atoms. The van der Waals surface area contributed by atoms with Crippen molar-refractivity contribution in [2.24, 2.45) is 16.6 Å². The van der Waals surface area contributed by atoms with Crippen LogP contribution in [-0.2, 0) is 10.8 Å². The van der Waals surface area contributed by atoms with Gasteiger partial charge in [-0.2, -0.15) is 0 Å². The van der Waals surface area contributed by atoms with Gasteiger partial charge in [0.1, 0.15) is 23.0 Å². The van der Waals surface area contributed by atoms with E-state index >= 15 is 4.79 Å². The van der Waals surface area contributed by atoms with Crippen molar-refractivity contribution >= 4 is 76.5 Å². The first-order valence-corrected chi connectivity index (χ1v) is 25.2. The molecule has 3 N–H and O–H groups in total. The molecule has 0 heterocycles. The number of benzene rings is 8. The van der Waals surface area contributed by atoms with Gasteiger partial charge >= 0.3 is 0 Å². The summed E-state index contributed by atoms with van der Waals surface area (Å²) in [6, 6.07) is 36.6. The van der Waals surface area contributed by atoms with Gasteiger partial charge in [-0.1, -0.05) is 180 Å². The third-order valence-electron chi connectivity index (χ3n) is 13.7. The van der Waals surface area contributed by atoms with Gasteiger partial charge in [-0.05, 0) is 133 Å². The Kier molecular flexibility index (Phi) is 13.0. The molecule has 0 unspecified atom stereocenters. The predicted octanol–water partition coefficient (Wildman–Crippen LogP) is 18.1. The molecular formula is C62H69BrN2O4. The Labute approximate surface area is 417 Å². The van der Waals surface area contributed by atoms with Gasteiger partial charge in [-0.25, -0.2) is 0 Å². The number of halogens is 1. The molecule has 0 saturated carbocycles. The first-order valence-electron chi connectivity index (χ1n) is 24.4. The number of hydrogen-bond acceptors (Lipinski definition) is 4. The standard InChI is InChI=1S/C62H69BrN2O4/c1-35(2)41-17-15-18-42(36(3)4)56(41)65-58(67)47-32-50(69-40-27-23-38(24-28-40)62(13,14)34-60(8,9)10)53-44-20-16-19-43-48(63)30-29-45(51(43)44)54-49(31-46(57(64)66)52(47)55(53)54)68-39-25-21-37(22-26-39)61(11,12)33-59(5,6)7/h15-32,35-36H,33-34H2,1-14H3,(H2,64,66)(H,65,67). The number of nitrogens with two attached hydrogens (primary N) is 1. The van der Waals surface area contributed by atoms with Gasteiger partial charge in [0.25, 0.3) is 5.91 Å². The number of ether oxygens (including phenoxy) is 2. The van der Waals surface area contributed by atoms with Crippen LogP contribution in [0.2, 0.25) is 0 Å². The molecule has 7 heteroatoms. The third kappa shape index (κ3) is 9.82. The Balaban J connectivity index is 1.44. The van der Waals surface area contributed by atoms with Gasteiger partial charge in [-0.3, -0.25) is 9.59 Å². The Morgan fingerprint density at radius 1 is 0.536 bits per heavy atom. The molecule has 2 amide bonds. The first-order chi connectivity index (χ1) is 32.2. The van der Waals surface area contributed by atoms with E-state index < -0.39 is 5.91 Å². The Morgan fingerprint density at radius 3 is 1.42 bits per heavy atom. The predicted molar refractivity (Wildman–Crippen MR) is 294 cm³/mol. The summed E-state index contributed by atoms with van der Waals surface area (Å²) in [4.78, 5) is 29.5. The van der Waals surface area contributed by atoms with Crippen molar-refractivity contribution < 1.29 is 19.1 Å². The maximum absolute atomic E-state index is 15.5. The van der Waals surface area contributed by atoms with Gasteiger partial charge in [0, 0.05) is 31.7 Å². The van der Waals surface area contributed by atoms with Gasteiger partial charge in [0.15, 0.2) is 0 Å². The maximum Gasteiger partial charge on any atom is 0.256 e. The molecule has 0 aliphatic carbocycles. The first kappa shape index (κ1) is 49.5. The van der Waals surface area contributed by atoms with E-state index in [1.807, 2.05) is 42.5 Å². The fourth-order valence-corrected chi connectivity index (χ4v) is 11.8. The summed E-state index contributed by atoms with van der Waals surface area (Å²) < 4.78 is 15.0. The minimum atomic E-state index is -0.682. The fourth-order valence-electron chi connectivity index (χ4n) is 11.4. The summed E-state index contributed by atoms with van der Waals surface area (Å²) in [5.74, 6) is 1.32.